The fraction of sp³-hybridized carbons (Fsp3) is 0.250. The molecular formula is C12H16N4O2S2. The van der Waals surface area contributed by atoms with Gasteiger partial charge in [-0.2, -0.15) is 13.5 Å². The van der Waals surface area contributed by atoms with Crippen LogP contribution in [0.2, 0.25) is 0 Å². The standard InChI is InChI=1S/C12H16N4O2S2/c1-13-7-9-8-14-15-12(9)20(17,18)16-10-4-3-5-11(6-10)19-2/h3-6,8,13,16H,7H2,1-2H3,(H,14,15). The zero-order valence-electron chi connectivity index (χ0n) is 11.2. The van der Waals surface area contributed by atoms with E-state index in [-0.39, 0.29) is 5.03 Å². The number of aromatic nitrogens is 2. The van der Waals surface area contributed by atoms with Crippen LogP contribution in [0.3, 0.4) is 0 Å². The molecule has 3 N–H and O–H groups in total. The van der Waals surface area contributed by atoms with Crippen molar-refractivity contribution in [3.8, 4) is 0 Å². The maximum atomic E-state index is 12.3. The number of hydrogen-bond acceptors (Lipinski definition) is 5. The van der Waals surface area contributed by atoms with E-state index in [4.69, 9.17) is 0 Å². The van der Waals surface area contributed by atoms with Crippen LogP contribution in [0.5, 0.6) is 0 Å². The molecule has 0 spiro atoms. The van der Waals surface area contributed by atoms with Gasteiger partial charge < -0.3 is 5.32 Å². The fourth-order valence-corrected chi connectivity index (χ4v) is 3.38. The first kappa shape index (κ1) is 14.9. The average molecular weight is 312 g/mol. The zero-order valence-corrected chi connectivity index (χ0v) is 12.8. The molecule has 0 atom stereocenters. The van der Waals surface area contributed by atoms with E-state index in [9.17, 15) is 8.42 Å². The highest BCUT2D eigenvalue weighted by atomic mass is 32.2. The van der Waals surface area contributed by atoms with Crippen LogP contribution in [-0.4, -0.2) is 31.9 Å². The summed E-state index contributed by atoms with van der Waals surface area (Å²) in [5.74, 6) is 0. The van der Waals surface area contributed by atoms with E-state index in [0.29, 0.717) is 17.8 Å². The largest absolute Gasteiger partial charge is 0.316 e. The molecule has 2 aromatic rings. The molecule has 1 aromatic carbocycles. The molecule has 0 unspecified atom stereocenters. The first-order valence-corrected chi connectivity index (χ1v) is 8.61. The summed E-state index contributed by atoms with van der Waals surface area (Å²) in [6, 6.07) is 7.23. The molecule has 1 heterocycles. The van der Waals surface area contributed by atoms with Crippen LogP contribution < -0.4 is 10.0 Å². The lowest BCUT2D eigenvalue weighted by atomic mass is 10.3. The SMILES string of the molecule is CNCc1cn[nH]c1S(=O)(=O)Nc1cccc(SC)c1. The second-order valence-electron chi connectivity index (χ2n) is 4.09. The number of nitrogens with one attached hydrogen (secondary N) is 3. The third-order valence-corrected chi connectivity index (χ3v) is 4.76. The smallest absolute Gasteiger partial charge is 0.279 e. The zero-order chi connectivity index (χ0) is 14.6. The summed E-state index contributed by atoms with van der Waals surface area (Å²) in [7, 11) is -1.92. The minimum Gasteiger partial charge on any atom is -0.316 e. The van der Waals surface area contributed by atoms with Crippen LogP contribution in [-0.2, 0) is 16.6 Å². The summed E-state index contributed by atoms with van der Waals surface area (Å²) in [5, 5.41) is 9.32. The van der Waals surface area contributed by atoms with E-state index >= 15 is 0 Å². The molecule has 20 heavy (non-hydrogen) atoms. The molecule has 108 valence electrons. The maximum Gasteiger partial charge on any atom is 0.279 e. The van der Waals surface area contributed by atoms with Crippen LogP contribution in [0.1, 0.15) is 5.56 Å². The summed E-state index contributed by atoms with van der Waals surface area (Å²) in [6.45, 7) is 0.428. The Morgan fingerprint density at radius 3 is 2.90 bits per heavy atom. The number of thioether (sulfide) groups is 1. The van der Waals surface area contributed by atoms with Crippen molar-refractivity contribution in [3.63, 3.8) is 0 Å². The quantitative estimate of drug-likeness (QED) is 0.706. The summed E-state index contributed by atoms with van der Waals surface area (Å²) in [4.78, 5) is 0.991. The van der Waals surface area contributed by atoms with Gasteiger partial charge in [-0.25, -0.2) is 0 Å². The lowest BCUT2D eigenvalue weighted by Gasteiger charge is -2.09. The number of hydrogen-bond donors (Lipinski definition) is 3. The van der Waals surface area contributed by atoms with Crippen LogP contribution >= 0.6 is 11.8 Å². The summed E-state index contributed by atoms with van der Waals surface area (Å²) in [5.41, 5.74) is 1.13. The number of benzene rings is 1. The normalized spacial score (nSPS) is 11.5. The highest BCUT2D eigenvalue weighted by Crippen LogP contribution is 2.22. The number of aromatic amines is 1. The van der Waals surface area contributed by atoms with E-state index in [1.165, 1.54) is 6.20 Å². The van der Waals surface area contributed by atoms with Crippen LogP contribution in [0, 0.1) is 0 Å². The van der Waals surface area contributed by atoms with Gasteiger partial charge in [-0.3, -0.25) is 9.82 Å². The van der Waals surface area contributed by atoms with Crippen molar-refractivity contribution in [2.24, 2.45) is 0 Å². The molecule has 0 amide bonds. The third-order valence-electron chi connectivity index (χ3n) is 2.64. The van der Waals surface area contributed by atoms with E-state index in [2.05, 4.69) is 20.2 Å². The molecule has 1 aromatic heterocycles. The van der Waals surface area contributed by atoms with Gasteiger partial charge in [0.2, 0.25) is 0 Å². The Bertz CT molecular complexity index is 682. The maximum absolute atomic E-state index is 12.3. The van der Waals surface area contributed by atoms with Crippen molar-refractivity contribution in [1.29, 1.82) is 0 Å². The minimum atomic E-state index is -3.67. The third kappa shape index (κ3) is 3.33. The summed E-state index contributed by atoms with van der Waals surface area (Å²) < 4.78 is 27.2. The number of anilines is 1. The molecule has 8 heteroatoms. The van der Waals surface area contributed by atoms with Crippen molar-refractivity contribution in [2.45, 2.75) is 16.5 Å². The summed E-state index contributed by atoms with van der Waals surface area (Å²) in [6.07, 6.45) is 3.44. The van der Waals surface area contributed by atoms with Gasteiger partial charge in [0.05, 0.1) is 6.20 Å². The van der Waals surface area contributed by atoms with Crippen LogP contribution in [0.25, 0.3) is 0 Å². The van der Waals surface area contributed by atoms with Gasteiger partial charge in [0.1, 0.15) is 0 Å². The number of rotatable bonds is 6. The van der Waals surface area contributed by atoms with E-state index < -0.39 is 10.0 Å². The van der Waals surface area contributed by atoms with Gasteiger partial charge in [0.25, 0.3) is 10.0 Å². The molecule has 0 aliphatic rings. The van der Waals surface area contributed by atoms with Crippen molar-refractivity contribution in [3.05, 3.63) is 36.0 Å². The van der Waals surface area contributed by atoms with Gasteiger partial charge >= 0.3 is 0 Å². The average Bonchev–Trinajstić information content (AvgIpc) is 2.88. The lowest BCUT2D eigenvalue weighted by Crippen LogP contribution is -2.17. The predicted molar refractivity (Wildman–Crippen MR) is 80.4 cm³/mol. The first-order chi connectivity index (χ1) is 9.56. The second-order valence-corrected chi connectivity index (χ2v) is 6.59. The highest BCUT2D eigenvalue weighted by Gasteiger charge is 2.20. The van der Waals surface area contributed by atoms with Crippen LogP contribution in [0.4, 0.5) is 5.69 Å². The Labute approximate surface area is 122 Å². The monoisotopic (exact) mass is 312 g/mol. The van der Waals surface area contributed by atoms with Gasteiger partial charge in [-0.15, -0.1) is 11.8 Å². The molecule has 0 saturated heterocycles. The molecule has 0 bridgehead atoms. The molecule has 2 rings (SSSR count). The van der Waals surface area contributed by atoms with Crippen LogP contribution in [0.15, 0.2) is 40.4 Å². The Morgan fingerprint density at radius 2 is 2.20 bits per heavy atom. The number of nitrogens with zero attached hydrogens (tertiary/aromatic N) is 1. The Balaban J connectivity index is 2.28. The van der Waals surface area contributed by atoms with Gasteiger partial charge in [-0.1, -0.05) is 6.07 Å². The fourth-order valence-electron chi connectivity index (χ4n) is 1.74. The topological polar surface area (TPSA) is 86.9 Å². The minimum absolute atomic E-state index is 0.0846. The van der Waals surface area contributed by atoms with Crippen molar-refractivity contribution >= 4 is 27.5 Å². The highest BCUT2D eigenvalue weighted by molar-refractivity contribution is 7.98. The van der Waals surface area contributed by atoms with E-state index in [1.54, 1.807) is 30.9 Å². The Hall–Kier alpha value is -1.51. The number of sulfonamides is 1. The predicted octanol–water partition coefficient (Wildman–Crippen LogP) is 1.65. The molecule has 0 fully saturated rings. The van der Waals surface area contributed by atoms with E-state index in [1.807, 2.05) is 18.4 Å². The van der Waals surface area contributed by atoms with Crippen molar-refractivity contribution in [2.75, 3.05) is 18.0 Å². The first-order valence-electron chi connectivity index (χ1n) is 5.90. The molecule has 0 aliphatic heterocycles. The molecule has 0 aliphatic carbocycles. The molecule has 0 saturated carbocycles. The molecule has 6 nitrogen and oxygen atoms in total. The Morgan fingerprint density at radius 1 is 1.40 bits per heavy atom. The van der Waals surface area contributed by atoms with E-state index in [0.717, 1.165) is 4.90 Å². The lowest BCUT2D eigenvalue weighted by molar-refractivity contribution is 0.595. The van der Waals surface area contributed by atoms with Gasteiger partial charge in [0.15, 0.2) is 5.03 Å². The molecular weight excluding hydrogens is 296 g/mol. The van der Waals surface area contributed by atoms with Crippen molar-refractivity contribution < 1.29 is 8.42 Å². The van der Waals surface area contributed by atoms with Gasteiger partial charge in [-0.05, 0) is 31.5 Å². The Kier molecular flexibility index (Phi) is 4.69. The second kappa shape index (κ2) is 6.29. The van der Waals surface area contributed by atoms with Gasteiger partial charge in [0, 0.05) is 22.7 Å². The molecule has 0 radical (unpaired) electrons. The number of H-pyrrole nitrogens is 1. The van der Waals surface area contributed by atoms with Crippen molar-refractivity contribution in [1.82, 2.24) is 15.5 Å². The summed E-state index contributed by atoms with van der Waals surface area (Å²) >= 11 is 1.55.